The first-order valence-corrected chi connectivity index (χ1v) is 5.20. The molecule has 6 heteroatoms. The summed E-state index contributed by atoms with van der Waals surface area (Å²) in [6.07, 6.45) is 0.464. The Morgan fingerprint density at radius 1 is 1.35 bits per heavy atom. The van der Waals surface area contributed by atoms with E-state index in [1.165, 1.54) is 0 Å². The van der Waals surface area contributed by atoms with Gasteiger partial charge in [0, 0.05) is 6.08 Å². The van der Waals surface area contributed by atoms with Crippen LogP contribution in [0.2, 0.25) is 0 Å². The molecule has 0 aromatic rings. The third kappa shape index (κ3) is 8.01. The number of carboxylic acids is 1. The standard InChI is InChI=1S/C11H16O6/c1-3-8(7-16-10(14)4-2)17-11(15)6-5-9(12)13/h4,8H,2-3,5-7H2,1H3,(H,12,13). The van der Waals surface area contributed by atoms with E-state index in [1.807, 2.05) is 0 Å². The molecular formula is C11H16O6. The Morgan fingerprint density at radius 3 is 2.47 bits per heavy atom. The molecule has 0 aliphatic heterocycles. The van der Waals surface area contributed by atoms with E-state index in [9.17, 15) is 14.4 Å². The summed E-state index contributed by atoms with van der Waals surface area (Å²) >= 11 is 0. The second-order valence-corrected chi connectivity index (χ2v) is 3.25. The fourth-order valence-electron chi connectivity index (χ4n) is 0.923. The number of hydrogen-bond donors (Lipinski definition) is 1. The third-order valence-corrected chi connectivity index (χ3v) is 1.87. The largest absolute Gasteiger partial charge is 0.481 e. The van der Waals surface area contributed by atoms with Crippen molar-refractivity contribution < 1.29 is 29.0 Å². The zero-order valence-electron chi connectivity index (χ0n) is 9.68. The van der Waals surface area contributed by atoms with Crippen LogP contribution in [0.4, 0.5) is 0 Å². The van der Waals surface area contributed by atoms with E-state index in [0.29, 0.717) is 6.42 Å². The van der Waals surface area contributed by atoms with Crippen molar-refractivity contribution in [2.75, 3.05) is 6.61 Å². The average molecular weight is 244 g/mol. The van der Waals surface area contributed by atoms with Crippen LogP contribution in [-0.2, 0) is 23.9 Å². The summed E-state index contributed by atoms with van der Waals surface area (Å²) < 4.78 is 9.65. The molecule has 0 fully saturated rings. The topological polar surface area (TPSA) is 89.9 Å². The van der Waals surface area contributed by atoms with Gasteiger partial charge in [-0.25, -0.2) is 4.79 Å². The number of esters is 2. The lowest BCUT2D eigenvalue weighted by molar-refractivity contribution is -0.158. The molecule has 0 aromatic heterocycles. The van der Waals surface area contributed by atoms with E-state index in [-0.39, 0.29) is 19.4 Å². The molecule has 0 saturated carbocycles. The van der Waals surface area contributed by atoms with E-state index in [0.717, 1.165) is 6.08 Å². The minimum absolute atomic E-state index is 0.0554. The van der Waals surface area contributed by atoms with Crippen LogP contribution in [0.15, 0.2) is 12.7 Å². The lowest BCUT2D eigenvalue weighted by Crippen LogP contribution is -2.24. The van der Waals surface area contributed by atoms with Crippen molar-refractivity contribution in [3.05, 3.63) is 12.7 Å². The highest BCUT2D eigenvalue weighted by atomic mass is 16.6. The molecule has 1 N–H and O–H groups in total. The molecule has 1 atom stereocenters. The van der Waals surface area contributed by atoms with E-state index < -0.39 is 24.0 Å². The van der Waals surface area contributed by atoms with Crippen molar-refractivity contribution in [2.24, 2.45) is 0 Å². The quantitative estimate of drug-likeness (QED) is 0.504. The highest BCUT2D eigenvalue weighted by molar-refractivity contribution is 5.81. The van der Waals surface area contributed by atoms with Gasteiger partial charge in [-0.05, 0) is 6.42 Å². The molecule has 0 bridgehead atoms. The Hall–Kier alpha value is -1.85. The van der Waals surface area contributed by atoms with E-state index in [1.54, 1.807) is 6.92 Å². The van der Waals surface area contributed by atoms with Gasteiger partial charge in [-0.15, -0.1) is 0 Å². The zero-order chi connectivity index (χ0) is 13.3. The molecule has 0 aliphatic carbocycles. The smallest absolute Gasteiger partial charge is 0.330 e. The van der Waals surface area contributed by atoms with Crippen LogP contribution < -0.4 is 0 Å². The van der Waals surface area contributed by atoms with Crippen molar-refractivity contribution in [3.8, 4) is 0 Å². The highest BCUT2D eigenvalue weighted by Gasteiger charge is 2.15. The van der Waals surface area contributed by atoms with Crippen molar-refractivity contribution in [1.29, 1.82) is 0 Å². The van der Waals surface area contributed by atoms with Crippen LogP contribution in [0.1, 0.15) is 26.2 Å². The number of hydrogen-bond acceptors (Lipinski definition) is 5. The van der Waals surface area contributed by atoms with Gasteiger partial charge in [-0.3, -0.25) is 9.59 Å². The number of aliphatic carboxylic acids is 1. The Bertz CT molecular complexity index is 296. The second-order valence-electron chi connectivity index (χ2n) is 3.25. The van der Waals surface area contributed by atoms with Crippen LogP contribution in [-0.4, -0.2) is 35.7 Å². The van der Waals surface area contributed by atoms with Crippen molar-refractivity contribution in [1.82, 2.24) is 0 Å². The molecule has 0 radical (unpaired) electrons. The minimum Gasteiger partial charge on any atom is -0.481 e. The molecule has 1 unspecified atom stereocenters. The fraction of sp³-hybridized carbons (Fsp3) is 0.545. The van der Waals surface area contributed by atoms with Gasteiger partial charge in [0.25, 0.3) is 0 Å². The zero-order valence-corrected chi connectivity index (χ0v) is 9.68. The Labute approximate surface area is 99.2 Å². The Kier molecular flexibility index (Phi) is 7.41. The minimum atomic E-state index is -1.06. The molecule has 0 spiro atoms. The maximum Gasteiger partial charge on any atom is 0.330 e. The predicted octanol–water partition coefficient (Wildman–Crippen LogP) is 0.902. The van der Waals surface area contributed by atoms with Gasteiger partial charge in [0.2, 0.25) is 0 Å². The molecule has 0 saturated heterocycles. The summed E-state index contributed by atoms with van der Waals surface area (Å²) in [6, 6.07) is 0. The number of carbonyl (C=O) groups excluding carboxylic acids is 2. The van der Waals surface area contributed by atoms with Gasteiger partial charge in [0.1, 0.15) is 12.7 Å². The van der Waals surface area contributed by atoms with Gasteiger partial charge >= 0.3 is 17.9 Å². The van der Waals surface area contributed by atoms with Crippen LogP contribution in [0.5, 0.6) is 0 Å². The monoisotopic (exact) mass is 244 g/mol. The summed E-state index contributed by atoms with van der Waals surface area (Å²) in [7, 11) is 0. The van der Waals surface area contributed by atoms with Crippen LogP contribution in [0.25, 0.3) is 0 Å². The molecule has 96 valence electrons. The SMILES string of the molecule is C=CC(=O)OCC(CC)OC(=O)CCC(=O)O. The van der Waals surface area contributed by atoms with Gasteiger partial charge in [-0.2, -0.15) is 0 Å². The van der Waals surface area contributed by atoms with Gasteiger partial charge < -0.3 is 14.6 Å². The lowest BCUT2D eigenvalue weighted by atomic mass is 10.3. The third-order valence-electron chi connectivity index (χ3n) is 1.87. The normalized spacial score (nSPS) is 11.4. The molecule has 0 aromatic carbocycles. The highest BCUT2D eigenvalue weighted by Crippen LogP contribution is 2.03. The van der Waals surface area contributed by atoms with Crippen molar-refractivity contribution in [2.45, 2.75) is 32.3 Å². The van der Waals surface area contributed by atoms with Crippen LogP contribution in [0.3, 0.4) is 0 Å². The maximum atomic E-state index is 11.2. The summed E-state index contributed by atoms with van der Waals surface area (Å²) in [5, 5.41) is 8.37. The lowest BCUT2D eigenvalue weighted by Gasteiger charge is -2.15. The predicted molar refractivity (Wildman–Crippen MR) is 58.2 cm³/mol. The van der Waals surface area contributed by atoms with Crippen LogP contribution in [0, 0.1) is 0 Å². The first kappa shape index (κ1) is 15.2. The van der Waals surface area contributed by atoms with E-state index >= 15 is 0 Å². The first-order chi connectivity index (χ1) is 7.99. The first-order valence-electron chi connectivity index (χ1n) is 5.20. The summed E-state index contributed by atoms with van der Waals surface area (Å²) in [6.45, 7) is 4.93. The van der Waals surface area contributed by atoms with Gasteiger partial charge in [0.05, 0.1) is 12.8 Å². The van der Waals surface area contributed by atoms with Crippen molar-refractivity contribution in [3.63, 3.8) is 0 Å². The second kappa shape index (κ2) is 8.32. The number of carbonyl (C=O) groups is 3. The molecule has 0 rings (SSSR count). The summed E-state index contributed by atoms with van der Waals surface area (Å²) in [5.41, 5.74) is 0. The van der Waals surface area contributed by atoms with Gasteiger partial charge in [-0.1, -0.05) is 13.5 Å². The molecule has 0 aliphatic rings. The molecular weight excluding hydrogens is 228 g/mol. The van der Waals surface area contributed by atoms with Crippen molar-refractivity contribution >= 4 is 17.9 Å². The molecule has 0 amide bonds. The number of rotatable bonds is 8. The van der Waals surface area contributed by atoms with Crippen LogP contribution >= 0.6 is 0 Å². The maximum absolute atomic E-state index is 11.2. The number of carboxylic acid groups (broad SMARTS) is 1. The summed E-state index contributed by atoms with van der Waals surface area (Å²) in [4.78, 5) is 32.2. The number of ether oxygens (including phenoxy) is 2. The molecule has 6 nitrogen and oxygen atoms in total. The average Bonchev–Trinajstić information content (AvgIpc) is 2.31. The molecule has 0 heterocycles. The van der Waals surface area contributed by atoms with Gasteiger partial charge in [0.15, 0.2) is 0 Å². The summed E-state index contributed by atoms with van der Waals surface area (Å²) in [5.74, 6) is -2.27. The fourth-order valence-corrected chi connectivity index (χ4v) is 0.923. The molecule has 17 heavy (non-hydrogen) atoms. The van der Waals surface area contributed by atoms with E-state index in [4.69, 9.17) is 14.6 Å². The Balaban J connectivity index is 3.94. The Morgan fingerprint density at radius 2 is 2.00 bits per heavy atom. The van der Waals surface area contributed by atoms with E-state index in [2.05, 4.69) is 6.58 Å².